The summed E-state index contributed by atoms with van der Waals surface area (Å²) in [6.45, 7) is 6.69. The van der Waals surface area contributed by atoms with Crippen LogP contribution in [0.25, 0.3) is 11.1 Å². The molecule has 4 atom stereocenters. The van der Waals surface area contributed by atoms with E-state index in [0.29, 0.717) is 6.54 Å². The molecule has 4 aliphatic carbocycles. The van der Waals surface area contributed by atoms with Crippen molar-refractivity contribution in [1.82, 2.24) is 15.5 Å². The summed E-state index contributed by atoms with van der Waals surface area (Å²) in [6.07, 6.45) is 6.51. The summed E-state index contributed by atoms with van der Waals surface area (Å²) in [4.78, 5) is 28.7. The highest BCUT2D eigenvalue weighted by Gasteiger charge is 2.51. The second-order valence-corrected chi connectivity index (χ2v) is 17.7. The fourth-order valence-corrected chi connectivity index (χ4v) is 11.0. The van der Waals surface area contributed by atoms with Crippen LogP contribution in [0, 0.1) is 33.8 Å². The molecule has 11 nitrogen and oxygen atoms in total. The Morgan fingerprint density at radius 3 is 2.12 bits per heavy atom. The Balaban J connectivity index is 0.876. The Hall–Kier alpha value is -4.81. The molecule has 4 aromatic carbocycles. The Bertz CT molecular complexity index is 2050. The number of aliphatic hydroxyl groups excluding tert-OH is 1. The first-order valence-corrected chi connectivity index (χ1v) is 21.2. The lowest BCUT2D eigenvalue weighted by molar-refractivity contribution is -0.384. The first kappa shape index (κ1) is 38.7. The molecule has 0 aromatic heterocycles. The quantitative estimate of drug-likeness (QED) is 0.103. The molecule has 10 rings (SSSR count). The zero-order valence-electron chi connectivity index (χ0n) is 33.3. The van der Waals surface area contributed by atoms with E-state index in [0.717, 1.165) is 109 Å². The number of amides is 2. The number of nitrogens with zero attached hydrogens (tertiary/aromatic N) is 3. The van der Waals surface area contributed by atoms with Gasteiger partial charge in [-0.05, 0) is 108 Å². The van der Waals surface area contributed by atoms with Crippen LogP contribution in [0.2, 0.25) is 0 Å². The average Bonchev–Trinajstić information content (AvgIpc) is 3.23. The van der Waals surface area contributed by atoms with Crippen molar-refractivity contribution in [3.8, 4) is 11.1 Å². The van der Waals surface area contributed by atoms with Crippen LogP contribution in [0.3, 0.4) is 0 Å². The lowest BCUT2D eigenvalue weighted by Gasteiger charge is -2.56. The largest absolute Gasteiger partial charge is 0.392 e. The van der Waals surface area contributed by atoms with Gasteiger partial charge in [0.05, 0.1) is 23.7 Å². The summed E-state index contributed by atoms with van der Waals surface area (Å²) in [7, 11) is 0. The molecular formula is C47H55N5O6. The fraction of sp³-hybridized carbons (Fsp3) is 0.468. The maximum atomic E-state index is 13.2. The molecule has 2 amide bonds. The predicted molar refractivity (Wildman–Crippen MR) is 223 cm³/mol. The number of rotatable bonds is 11. The van der Waals surface area contributed by atoms with Crippen molar-refractivity contribution in [3.63, 3.8) is 0 Å². The van der Waals surface area contributed by atoms with Crippen LogP contribution in [-0.2, 0) is 22.6 Å². The summed E-state index contributed by atoms with van der Waals surface area (Å²) in [5, 5.41) is 27.5. The van der Waals surface area contributed by atoms with E-state index in [1.54, 1.807) is 12.1 Å². The van der Waals surface area contributed by atoms with Gasteiger partial charge in [0.1, 0.15) is 0 Å². The summed E-state index contributed by atoms with van der Waals surface area (Å²) in [5.74, 6) is 2.39. The number of nitro groups is 1. The first-order valence-electron chi connectivity index (χ1n) is 21.2. The minimum Gasteiger partial charge on any atom is -0.392 e. The monoisotopic (exact) mass is 785 g/mol. The number of benzene rings is 4. The van der Waals surface area contributed by atoms with Crippen molar-refractivity contribution < 1.29 is 24.3 Å². The minimum absolute atomic E-state index is 0.0132. The van der Waals surface area contributed by atoms with Crippen LogP contribution in [-0.4, -0.2) is 65.3 Å². The van der Waals surface area contributed by atoms with Crippen LogP contribution in [0.15, 0.2) is 97.1 Å². The van der Waals surface area contributed by atoms with E-state index in [-0.39, 0.29) is 46.9 Å². The summed E-state index contributed by atoms with van der Waals surface area (Å²) < 4.78 is 13.7. The number of urea groups is 1. The molecule has 4 saturated carbocycles. The SMILES string of the molecule is C[C@H]1[C@@H](CN2CCN(c3ccc([N+](=O)[O-])cc3)CC2)O[C@@H](c2cccc(-c3cccc(CNC(=O)NC45CC6CC(CC(C6)C4)C5)c3)c2)O[C@H]1c1ccc(CO)cc1. The van der Waals surface area contributed by atoms with Gasteiger partial charge in [-0.15, -0.1) is 0 Å². The molecule has 2 saturated heterocycles. The number of carbonyl (C=O) groups is 1. The van der Waals surface area contributed by atoms with Gasteiger partial charge in [0.15, 0.2) is 6.29 Å². The second-order valence-electron chi connectivity index (χ2n) is 17.7. The van der Waals surface area contributed by atoms with Crippen molar-refractivity contribution >= 4 is 17.4 Å². The molecule has 58 heavy (non-hydrogen) atoms. The Morgan fingerprint density at radius 2 is 1.47 bits per heavy atom. The molecule has 6 aliphatic rings. The van der Waals surface area contributed by atoms with Crippen LogP contribution in [0.1, 0.15) is 80.1 Å². The van der Waals surface area contributed by atoms with E-state index in [2.05, 4.69) is 88.0 Å². The maximum absolute atomic E-state index is 13.2. The number of hydrogen-bond donors (Lipinski definition) is 3. The first-order chi connectivity index (χ1) is 28.2. The Morgan fingerprint density at radius 1 is 0.810 bits per heavy atom. The molecule has 2 heterocycles. The molecule has 4 bridgehead atoms. The number of aliphatic hydroxyl groups is 1. The van der Waals surface area contributed by atoms with Crippen molar-refractivity contribution in [1.29, 1.82) is 0 Å². The maximum Gasteiger partial charge on any atom is 0.315 e. The fourth-order valence-electron chi connectivity index (χ4n) is 11.0. The molecule has 3 N–H and O–H groups in total. The normalized spacial score (nSPS) is 29.3. The van der Waals surface area contributed by atoms with Gasteiger partial charge < -0.3 is 30.1 Å². The third kappa shape index (κ3) is 8.36. The van der Waals surface area contributed by atoms with Gasteiger partial charge in [0.25, 0.3) is 5.69 Å². The lowest BCUT2D eigenvalue weighted by Crippen LogP contribution is -2.61. The molecule has 0 spiro atoms. The standard InChI is InChI=1S/C47H55N5O6/c1-31-43(29-50-16-18-51(19-17-50)41-12-14-42(15-13-41)52(55)56)57-45(58-44(31)37-10-8-32(30-53)9-11-37)40-7-3-6-39(24-40)38-5-2-4-33(23-38)28-48-46(54)49-47-25-34-20-35(26-47)22-36(21-34)27-47/h2-15,23-24,31,34-36,43-45,53H,16-22,25-30H2,1H3,(H2,48,49,54)/t31-,34?,35?,36?,43+,44+,45+,47?/m0/s1. The van der Waals surface area contributed by atoms with E-state index >= 15 is 0 Å². The number of anilines is 1. The minimum atomic E-state index is -0.594. The summed E-state index contributed by atoms with van der Waals surface area (Å²) >= 11 is 0. The van der Waals surface area contributed by atoms with Crippen LogP contribution in [0.5, 0.6) is 0 Å². The number of nitro benzene ring substituents is 1. The number of nitrogens with one attached hydrogen (secondary N) is 2. The van der Waals surface area contributed by atoms with Gasteiger partial charge in [-0.3, -0.25) is 15.0 Å². The van der Waals surface area contributed by atoms with Gasteiger partial charge in [-0.1, -0.05) is 67.6 Å². The van der Waals surface area contributed by atoms with Crippen molar-refractivity contribution in [2.24, 2.45) is 23.7 Å². The third-order valence-corrected chi connectivity index (χ3v) is 13.6. The topological polar surface area (TPSA) is 129 Å². The molecular weight excluding hydrogens is 731 g/mol. The Labute approximate surface area is 340 Å². The highest BCUT2D eigenvalue weighted by molar-refractivity contribution is 5.75. The average molecular weight is 786 g/mol. The van der Waals surface area contributed by atoms with Gasteiger partial charge >= 0.3 is 6.03 Å². The number of carbonyl (C=O) groups excluding carboxylic acids is 1. The van der Waals surface area contributed by atoms with E-state index in [1.807, 2.05) is 24.3 Å². The molecule has 0 unspecified atom stereocenters. The van der Waals surface area contributed by atoms with E-state index in [9.17, 15) is 20.0 Å². The highest BCUT2D eigenvalue weighted by Crippen LogP contribution is 2.55. The molecule has 11 heteroatoms. The van der Waals surface area contributed by atoms with Crippen LogP contribution < -0.4 is 15.5 Å². The number of hydrogen-bond acceptors (Lipinski definition) is 8. The van der Waals surface area contributed by atoms with Crippen molar-refractivity contribution in [3.05, 3.63) is 129 Å². The predicted octanol–water partition coefficient (Wildman–Crippen LogP) is 8.14. The number of piperazine rings is 1. The number of ether oxygens (including phenoxy) is 2. The van der Waals surface area contributed by atoms with Crippen molar-refractivity contribution in [2.45, 2.75) is 82.6 Å². The van der Waals surface area contributed by atoms with Gasteiger partial charge in [0.2, 0.25) is 0 Å². The Kier molecular flexibility index (Phi) is 11.0. The zero-order chi connectivity index (χ0) is 39.8. The van der Waals surface area contributed by atoms with Crippen LogP contribution in [0.4, 0.5) is 16.2 Å². The third-order valence-electron chi connectivity index (χ3n) is 13.6. The van der Waals surface area contributed by atoms with E-state index in [1.165, 1.54) is 19.3 Å². The summed E-state index contributed by atoms with van der Waals surface area (Å²) in [6, 6.07) is 31.5. The van der Waals surface area contributed by atoms with Gasteiger partial charge in [-0.2, -0.15) is 0 Å². The molecule has 6 fully saturated rings. The van der Waals surface area contributed by atoms with Crippen molar-refractivity contribution in [2.75, 3.05) is 37.6 Å². The highest BCUT2D eigenvalue weighted by atomic mass is 16.7. The molecule has 0 radical (unpaired) electrons. The second kappa shape index (κ2) is 16.4. The number of non-ortho nitro benzene ring substituents is 1. The summed E-state index contributed by atoms with van der Waals surface area (Å²) in [5.41, 5.74) is 7.07. The van der Waals surface area contributed by atoms with Gasteiger partial charge in [0, 0.05) is 74.1 Å². The molecule has 2 aliphatic heterocycles. The smallest absolute Gasteiger partial charge is 0.315 e. The van der Waals surface area contributed by atoms with E-state index in [4.69, 9.17) is 9.47 Å². The lowest BCUT2D eigenvalue weighted by atomic mass is 9.53. The van der Waals surface area contributed by atoms with Crippen LogP contribution >= 0.6 is 0 Å². The van der Waals surface area contributed by atoms with Gasteiger partial charge in [-0.25, -0.2) is 4.79 Å². The molecule has 4 aromatic rings. The molecule has 304 valence electrons. The zero-order valence-corrected chi connectivity index (χ0v) is 33.3. The van der Waals surface area contributed by atoms with E-state index < -0.39 is 6.29 Å².